The first-order chi connectivity index (χ1) is 4.87. The van der Waals surface area contributed by atoms with Gasteiger partial charge in [0, 0.05) is 6.04 Å². The molecule has 6 heteroatoms. The average Bonchev–Trinajstić information content (AvgIpc) is 1.80. The molecule has 0 aromatic heterocycles. The van der Waals surface area contributed by atoms with Crippen molar-refractivity contribution in [2.24, 2.45) is 11.1 Å². The van der Waals surface area contributed by atoms with E-state index in [1.165, 1.54) is 0 Å². The van der Waals surface area contributed by atoms with Gasteiger partial charge in [-0.1, -0.05) is 13.8 Å². The van der Waals surface area contributed by atoms with Crippen LogP contribution in [0.1, 0.15) is 13.8 Å². The quantitative estimate of drug-likeness (QED) is 0.509. The summed E-state index contributed by atoms with van der Waals surface area (Å²) in [5.74, 6) is 0.0262. The lowest BCUT2D eigenvalue weighted by Gasteiger charge is -2.17. The Morgan fingerprint density at radius 2 is 2.00 bits per heavy atom. The van der Waals surface area contributed by atoms with Gasteiger partial charge in [0.05, 0.1) is 6.61 Å². The highest BCUT2D eigenvalue weighted by Gasteiger charge is 2.16. The van der Waals surface area contributed by atoms with Crippen LogP contribution in [0.3, 0.4) is 0 Å². The highest BCUT2D eigenvalue weighted by Crippen LogP contribution is 2.00. The van der Waals surface area contributed by atoms with Crippen LogP contribution in [0.5, 0.6) is 0 Å². The molecule has 0 aromatic rings. The maximum absolute atomic E-state index is 10.5. The highest BCUT2D eigenvalue weighted by atomic mass is 32.2. The number of rotatable bonds is 4. The summed E-state index contributed by atoms with van der Waals surface area (Å²) < 4.78 is 23.0. The van der Waals surface area contributed by atoms with Gasteiger partial charge in [0.2, 0.25) is 0 Å². The van der Waals surface area contributed by atoms with Gasteiger partial charge in [0.25, 0.3) is 10.2 Å². The van der Waals surface area contributed by atoms with Crippen molar-refractivity contribution >= 4 is 10.2 Å². The fraction of sp³-hybridized carbons (Fsp3) is 1.00. The molecular formula is C5H14N2O3S. The zero-order chi connectivity index (χ0) is 9.07. The number of nitrogens with one attached hydrogen (secondary N) is 1. The van der Waals surface area contributed by atoms with Crippen molar-refractivity contribution in [2.75, 3.05) is 6.61 Å². The molecule has 0 aliphatic rings. The van der Waals surface area contributed by atoms with Crippen LogP contribution in [0.15, 0.2) is 0 Å². The normalized spacial score (nSPS) is 15.4. The largest absolute Gasteiger partial charge is 0.395 e. The Hall–Kier alpha value is -0.170. The zero-order valence-electron chi connectivity index (χ0n) is 6.61. The molecule has 0 fully saturated rings. The van der Waals surface area contributed by atoms with E-state index in [9.17, 15) is 8.42 Å². The first-order valence-corrected chi connectivity index (χ1v) is 4.82. The minimum atomic E-state index is -3.69. The van der Waals surface area contributed by atoms with Crippen LogP contribution in [-0.4, -0.2) is 26.2 Å². The topological polar surface area (TPSA) is 92.4 Å². The van der Waals surface area contributed by atoms with E-state index in [0.29, 0.717) is 0 Å². The van der Waals surface area contributed by atoms with Gasteiger partial charge in [-0.25, -0.2) is 5.14 Å². The Morgan fingerprint density at radius 3 is 2.09 bits per heavy atom. The molecule has 0 bridgehead atoms. The molecule has 0 rings (SSSR count). The maximum atomic E-state index is 10.5. The summed E-state index contributed by atoms with van der Waals surface area (Å²) in [5.41, 5.74) is 0. The van der Waals surface area contributed by atoms with Gasteiger partial charge in [0.15, 0.2) is 0 Å². The third kappa shape index (κ3) is 5.14. The molecule has 0 aliphatic heterocycles. The van der Waals surface area contributed by atoms with Crippen LogP contribution in [0, 0.1) is 5.92 Å². The van der Waals surface area contributed by atoms with Gasteiger partial charge in [-0.3, -0.25) is 0 Å². The summed E-state index contributed by atoms with van der Waals surface area (Å²) in [6.45, 7) is 3.34. The molecule has 0 radical (unpaired) electrons. The Labute approximate surface area is 66.8 Å². The molecule has 0 unspecified atom stereocenters. The molecule has 0 spiro atoms. The van der Waals surface area contributed by atoms with Crippen molar-refractivity contribution in [2.45, 2.75) is 19.9 Å². The second-order valence-electron chi connectivity index (χ2n) is 2.70. The van der Waals surface area contributed by atoms with Crippen LogP contribution >= 0.6 is 0 Å². The molecule has 4 N–H and O–H groups in total. The van der Waals surface area contributed by atoms with Crippen LogP contribution < -0.4 is 9.86 Å². The summed E-state index contributed by atoms with van der Waals surface area (Å²) in [5, 5.41) is 13.4. The van der Waals surface area contributed by atoms with E-state index in [1.807, 2.05) is 0 Å². The van der Waals surface area contributed by atoms with E-state index < -0.39 is 16.3 Å². The van der Waals surface area contributed by atoms with Crippen molar-refractivity contribution < 1.29 is 13.5 Å². The predicted octanol–water partition coefficient (Wildman–Crippen LogP) is -1.20. The number of aliphatic hydroxyl groups is 1. The Bertz CT molecular complexity index is 200. The van der Waals surface area contributed by atoms with Crippen molar-refractivity contribution in [3.05, 3.63) is 0 Å². The molecular weight excluding hydrogens is 168 g/mol. The zero-order valence-corrected chi connectivity index (χ0v) is 7.43. The van der Waals surface area contributed by atoms with E-state index in [4.69, 9.17) is 10.2 Å². The standard InChI is InChI=1S/C5H14N2O3S/c1-4(2)5(3-8)7-11(6,9)10/h4-5,7-8H,3H2,1-2H3,(H2,6,9,10)/t5-/m1/s1. The fourth-order valence-corrected chi connectivity index (χ4v) is 1.36. The van der Waals surface area contributed by atoms with Crippen LogP contribution in [0.4, 0.5) is 0 Å². The number of hydrogen-bond acceptors (Lipinski definition) is 3. The third-order valence-electron chi connectivity index (χ3n) is 1.32. The number of hydrogen-bond donors (Lipinski definition) is 3. The van der Waals surface area contributed by atoms with Crippen LogP contribution in [0.25, 0.3) is 0 Å². The molecule has 5 nitrogen and oxygen atoms in total. The Balaban J connectivity index is 4.10. The molecule has 1 atom stereocenters. The number of aliphatic hydroxyl groups excluding tert-OH is 1. The SMILES string of the molecule is CC(C)[C@@H](CO)NS(N)(=O)=O. The minimum absolute atomic E-state index is 0.0262. The summed E-state index contributed by atoms with van der Waals surface area (Å²) in [6.07, 6.45) is 0. The van der Waals surface area contributed by atoms with Crippen molar-refractivity contribution in [3.8, 4) is 0 Å². The molecule has 0 saturated heterocycles. The molecule has 0 aromatic carbocycles. The third-order valence-corrected chi connectivity index (χ3v) is 1.95. The van der Waals surface area contributed by atoms with Gasteiger partial charge in [-0.15, -0.1) is 0 Å². The monoisotopic (exact) mass is 182 g/mol. The molecule has 0 heterocycles. The minimum Gasteiger partial charge on any atom is -0.395 e. The first-order valence-electron chi connectivity index (χ1n) is 3.27. The van der Waals surface area contributed by atoms with E-state index >= 15 is 0 Å². The fourth-order valence-electron chi connectivity index (χ4n) is 0.595. The van der Waals surface area contributed by atoms with E-state index in [2.05, 4.69) is 4.72 Å². The van der Waals surface area contributed by atoms with Gasteiger partial charge >= 0.3 is 0 Å². The summed E-state index contributed by atoms with van der Waals surface area (Å²) in [6, 6.07) is -0.495. The molecule has 11 heavy (non-hydrogen) atoms. The Morgan fingerprint density at radius 1 is 1.55 bits per heavy atom. The summed E-state index contributed by atoms with van der Waals surface area (Å²) in [4.78, 5) is 0. The van der Waals surface area contributed by atoms with Gasteiger partial charge in [-0.05, 0) is 5.92 Å². The summed E-state index contributed by atoms with van der Waals surface area (Å²) >= 11 is 0. The van der Waals surface area contributed by atoms with Gasteiger partial charge in [-0.2, -0.15) is 13.1 Å². The molecule has 0 amide bonds. The molecule has 0 saturated carbocycles. The lowest BCUT2D eigenvalue weighted by atomic mass is 10.1. The van der Waals surface area contributed by atoms with Crippen molar-refractivity contribution in [1.82, 2.24) is 4.72 Å². The number of nitrogens with two attached hydrogens (primary N) is 1. The summed E-state index contributed by atoms with van der Waals surface area (Å²) in [7, 11) is -3.69. The highest BCUT2D eigenvalue weighted by molar-refractivity contribution is 7.87. The van der Waals surface area contributed by atoms with Gasteiger partial charge in [0.1, 0.15) is 0 Å². The van der Waals surface area contributed by atoms with Crippen LogP contribution in [0.2, 0.25) is 0 Å². The lowest BCUT2D eigenvalue weighted by Crippen LogP contribution is -2.44. The van der Waals surface area contributed by atoms with E-state index in [1.54, 1.807) is 13.8 Å². The Kier molecular flexibility index (Phi) is 3.95. The van der Waals surface area contributed by atoms with Crippen LogP contribution in [-0.2, 0) is 10.2 Å². The lowest BCUT2D eigenvalue weighted by molar-refractivity contribution is 0.228. The molecule has 0 aliphatic carbocycles. The van der Waals surface area contributed by atoms with Crippen molar-refractivity contribution in [1.29, 1.82) is 0 Å². The second-order valence-corrected chi connectivity index (χ2v) is 4.02. The van der Waals surface area contributed by atoms with E-state index in [-0.39, 0.29) is 12.5 Å². The van der Waals surface area contributed by atoms with E-state index in [0.717, 1.165) is 0 Å². The maximum Gasteiger partial charge on any atom is 0.274 e. The second kappa shape index (κ2) is 4.01. The molecule has 68 valence electrons. The predicted molar refractivity (Wildman–Crippen MR) is 42.0 cm³/mol. The van der Waals surface area contributed by atoms with Crippen molar-refractivity contribution in [3.63, 3.8) is 0 Å². The average molecular weight is 182 g/mol. The smallest absolute Gasteiger partial charge is 0.274 e. The van der Waals surface area contributed by atoms with Gasteiger partial charge < -0.3 is 5.11 Å². The first kappa shape index (κ1) is 10.8.